The summed E-state index contributed by atoms with van der Waals surface area (Å²) in [6.45, 7) is 23.4. The summed E-state index contributed by atoms with van der Waals surface area (Å²) in [7, 11) is 1.16. The molecule has 2 nitrogen and oxygen atoms in total. The van der Waals surface area contributed by atoms with E-state index in [0.29, 0.717) is 0 Å². The summed E-state index contributed by atoms with van der Waals surface area (Å²) in [4.78, 5) is 2.11. The van der Waals surface area contributed by atoms with Gasteiger partial charge in [-0.25, -0.2) is 0 Å². The Bertz CT molecular complexity index is 1150. The lowest BCUT2D eigenvalue weighted by molar-refractivity contribution is 1.13. The quantitative estimate of drug-likeness (QED) is 0.296. The topological polar surface area (TPSA) is 6.48 Å². The van der Waals surface area contributed by atoms with Crippen molar-refractivity contribution in [3.63, 3.8) is 0 Å². The molecule has 0 bridgehead atoms. The number of hydrogen-bond acceptors (Lipinski definition) is 2. The molecular weight excluding hydrogens is 445 g/mol. The van der Waals surface area contributed by atoms with Crippen molar-refractivity contribution >= 4 is 39.0 Å². The van der Waals surface area contributed by atoms with E-state index < -0.39 is 16.5 Å². The molecule has 0 spiro atoms. The van der Waals surface area contributed by atoms with Gasteiger partial charge >= 0.3 is 0 Å². The molecule has 0 unspecified atom stereocenters. The molecule has 178 valence electrons. The third-order valence-electron chi connectivity index (χ3n) is 6.11. The maximum Gasteiger partial charge on any atom is 0.138 e. The summed E-state index contributed by atoms with van der Waals surface area (Å²) >= 11 is 0. The molecule has 0 aliphatic rings. The van der Waals surface area contributed by atoms with E-state index >= 15 is 0 Å². The molecule has 0 saturated carbocycles. The molecule has 3 aromatic rings. The lowest BCUT2D eigenvalue weighted by atomic mass is 9.93. The summed E-state index contributed by atoms with van der Waals surface area (Å²) in [5.74, 6) is 0. The van der Waals surface area contributed by atoms with Gasteiger partial charge < -0.3 is 9.13 Å². The van der Waals surface area contributed by atoms with Crippen LogP contribution in [0.1, 0.15) is 22.3 Å². The molecule has 0 radical (unpaired) electrons. The van der Waals surface area contributed by atoms with Crippen molar-refractivity contribution in [1.82, 2.24) is 0 Å². The number of rotatable bonds is 8. The maximum absolute atomic E-state index is 4.44. The number of anilines is 2. The van der Waals surface area contributed by atoms with Crippen LogP contribution in [0.15, 0.2) is 86.0 Å². The Morgan fingerprint density at radius 3 is 1.29 bits per heavy atom. The van der Waals surface area contributed by atoms with E-state index in [1.807, 2.05) is 0 Å². The zero-order chi connectivity index (χ0) is 25.3. The van der Waals surface area contributed by atoms with Crippen molar-refractivity contribution < 1.29 is 0 Å². The smallest absolute Gasteiger partial charge is 0.138 e. The molecular formula is C30H40N2Si2. The van der Waals surface area contributed by atoms with Gasteiger partial charge in [0.05, 0.1) is 0 Å². The highest BCUT2D eigenvalue weighted by atomic mass is 28.4. The van der Waals surface area contributed by atoms with Crippen molar-refractivity contribution in [3.8, 4) is 0 Å². The van der Waals surface area contributed by atoms with Crippen molar-refractivity contribution in [2.75, 3.05) is 23.2 Å². The van der Waals surface area contributed by atoms with Gasteiger partial charge in [0.2, 0.25) is 0 Å². The average molecular weight is 485 g/mol. The Balaban J connectivity index is 1.85. The summed E-state index contributed by atoms with van der Waals surface area (Å²) in [6.07, 6.45) is 0. The summed E-state index contributed by atoms with van der Waals surface area (Å²) < 4.78 is 2.75. The number of benzene rings is 3. The van der Waals surface area contributed by atoms with E-state index in [0.717, 1.165) is 33.4 Å². The number of hydrogen-bond donors (Lipinski definition) is 0. The van der Waals surface area contributed by atoms with Gasteiger partial charge in [-0.05, 0) is 63.7 Å². The fourth-order valence-corrected chi connectivity index (χ4v) is 14.7. The maximum atomic E-state index is 4.44. The molecule has 0 heterocycles. The van der Waals surface area contributed by atoms with Crippen LogP contribution in [-0.2, 0) is 0 Å². The van der Waals surface area contributed by atoms with Gasteiger partial charge in [-0.15, -0.1) is 0 Å². The van der Waals surface area contributed by atoms with Crippen molar-refractivity contribution in [1.29, 1.82) is 0 Å². The van der Waals surface area contributed by atoms with Crippen LogP contribution in [0.5, 0.6) is 0 Å². The first-order chi connectivity index (χ1) is 15.8. The fraction of sp³-hybridized carbons (Fsp3) is 0.267. The van der Waals surface area contributed by atoms with Crippen LogP contribution >= 0.6 is 0 Å². The van der Waals surface area contributed by atoms with Gasteiger partial charge in [-0.3, -0.25) is 0 Å². The molecule has 0 atom stereocenters. The second kappa shape index (κ2) is 9.81. The molecule has 3 rings (SSSR count). The Hall–Kier alpha value is -2.83. The van der Waals surface area contributed by atoms with Gasteiger partial charge in [0.25, 0.3) is 0 Å². The van der Waals surface area contributed by atoms with Gasteiger partial charge in [0, 0.05) is 25.5 Å². The molecule has 0 amide bonds. The molecule has 0 fully saturated rings. The average Bonchev–Trinajstić information content (AvgIpc) is 2.77. The highest BCUT2D eigenvalue weighted by Gasteiger charge is 2.34. The first kappa shape index (κ1) is 25.8. The molecule has 0 aromatic heterocycles. The van der Waals surface area contributed by atoms with Crippen molar-refractivity contribution in [3.05, 3.63) is 108 Å². The van der Waals surface area contributed by atoms with Crippen LogP contribution in [0.25, 0.3) is 11.1 Å². The predicted octanol–water partition coefficient (Wildman–Crippen LogP) is 8.35. The third-order valence-corrected chi connectivity index (χ3v) is 13.3. The van der Waals surface area contributed by atoms with Crippen LogP contribution < -0.4 is 9.13 Å². The largest absolute Gasteiger partial charge is 0.425 e. The zero-order valence-corrected chi connectivity index (χ0v) is 24.2. The molecule has 4 heteroatoms. The van der Waals surface area contributed by atoms with E-state index in [9.17, 15) is 0 Å². The lowest BCUT2D eigenvalue weighted by Crippen LogP contribution is -2.59. The minimum Gasteiger partial charge on any atom is -0.425 e. The minimum atomic E-state index is -1.47. The van der Waals surface area contributed by atoms with Crippen LogP contribution in [-0.4, -0.2) is 30.6 Å². The Morgan fingerprint density at radius 1 is 0.559 bits per heavy atom. The standard InChI is InChI=1S/C30H40N2Si2/c1-23(25-14-18-29(19-15-25)31(3)4)27-12-11-13-28(22-27)24(2)26-16-20-30(21-17-26)32(33(5,6)7)34(8,9)10/h11-22H,1-2H2,3-10H3. The second-order valence-corrected chi connectivity index (χ2v) is 21.2. The SMILES string of the molecule is C=C(c1ccc(N(C)C)cc1)c1cccc(C(=C)c2ccc(N([Si](C)(C)C)[Si](C)(C)C)cc2)c1. The first-order valence-electron chi connectivity index (χ1n) is 12.0. The van der Waals surface area contributed by atoms with Gasteiger partial charge in [0.15, 0.2) is 0 Å². The van der Waals surface area contributed by atoms with Crippen LogP contribution in [0.3, 0.4) is 0 Å². The fourth-order valence-electron chi connectivity index (χ4n) is 4.78. The van der Waals surface area contributed by atoms with Gasteiger partial charge in [-0.2, -0.15) is 0 Å². The Labute approximate surface area is 209 Å². The highest BCUT2D eigenvalue weighted by molar-refractivity contribution is 6.99. The van der Waals surface area contributed by atoms with Crippen molar-refractivity contribution in [2.24, 2.45) is 0 Å². The van der Waals surface area contributed by atoms with Crippen LogP contribution in [0, 0.1) is 0 Å². The summed E-state index contributed by atoms with van der Waals surface area (Å²) in [5, 5.41) is 0. The van der Waals surface area contributed by atoms with Crippen LogP contribution in [0.2, 0.25) is 39.3 Å². The van der Waals surface area contributed by atoms with E-state index in [2.05, 4.69) is 148 Å². The van der Waals surface area contributed by atoms with Gasteiger partial charge in [-0.1, -0.05) is 94.9 Å². The zero-order valence-electron chi connectivity index (χ0n) is 22.2. The lowest BCUT2D eigenvalue weighted by Gasteiger charge is -2.46. The normalized spacial score (nSPS) is 11.8. The molecule has 0 aliphatic heterocycles. The summed E-state index contributed by atoms with van der Waals surface area (Å²) in [6, 6.07) is 26.1. The van der Waals surface area contributed by atoms with Gasteiger partial charge in [0.1, 0.15) is 16.5 Å². The van der Waals surface area contributed by atoms with E-state index in [1.54, 1.807) is 0 Å². The number of nitrogens with zero attached hydrogens (tertiary/aromatic N) is 2. The monoisotopic (exact) mass is 484 g/mol. The second-order valence-electron chi connectivity index (χ2n) is 11.2. The highest BCUT2D eigenvalue weighted by Crippen LogP contribution is 2.32. The van der Waals surface area contributed by atoms with E-state index in [-0.39, 0.29) is 0 Å². The van der Waals surface area contributed by atoms with Crippen LogP contribution in [0.4, 0.5) is 11.4 Å². The summed E-state index contributed by atoms with van der Waals surface area (Å²) in [5.41, 5.74) is 9.14. The molecule has 34 heavy (non-hydrogen) atoms. The van der Waals surface area contributed by atoms with Crippen molar-refractivity contribution in [2.45, 2.75) is 39.3 Å². The first-order valence-corrected chi connectivity index (χ1v) is 18.9. The predicted molar refractivity (Wildman–Crippen MR) is 159 cm³/mol. The third kappa shape index (κ3) is 5.80. The van der Waals surface area contributed by atoms with E-state index in [4.69, 9.17) is 0 Å². The Morgan fingerprint density at radius 2 is 0.941 bits per heavy atom. The molecule has 3 aromatic carbocycles. The Kier molecular flexibility index (Phi) is 7.44. The molecule has 0 saturated heterocycles. The molecule has 0 aliphatic carbocycles. The molecule has 0 N–H and O–H groups in total. The minimum absolute atomic E-state index is 1.02. The van der Waals surface area contributed by atoms with E-state index in [1.165, 1.54) is 11.4 Å².